The molecule has 0 unspecified atom stereocenters. The summed E-state index contributed by atoms with van der Waals surface area (Å²) in [5.41, 5.74) is 1.25. The second-order valence-corrected chi connectivity index (χ2v) is 5.62. The van der Waals surface area contributed by atoms with Crippen molar-refractivity contribution in [3.8, 4) is 0 Å². The predicted molar refractivity (Wildman–Crippen MR) is 85.7 cm³/mol. The first-order chi connectivity index (χ1) is 10.5. The molecule has 0 fully saturated rings. The first-order valence-electron chi connectivity index (χ1n) is 6.45. The van der Waals surface area contributed by atoms with Gasteiger partial charge in [-0.15, -0.1) is 0 Å². The highest BCUT2D eigenvalue weighted by Gasteiger charge is 2.20. The van der Waals surface area contributed by atoms with Crippen LogP contribution in [-0.2, 0) is 0 Å². The maximum absolute atomic E-state index is 12.2. The van der Waals surface area contributed by atoms with Crippen LogP contribution >= 0.6 is 23.1 Å². The van der Waals surface area contributed by atoms with Gasteiger partial charge in [-0.25, -0.2) is 0 Å². The third kappa shape index (κ3) is 3.82. The number of aliphatic hydroxyl groups excluding tert-OH is 1. The molecule has 0 aliphatic heterocycles. The van der Waals surface area contributed by atoms with E-state index in [1.54, 1.807) is 31.2 Å². The first kappa shape index (κ1) is 16.4. The third-order valence-corrected chi connectivity index (χ3v) is 3.93. The van der Waals surface area contributed by atoms with E-state index in [2.05, 4.69) is 15.0 Å². The van der Waals surface area contributed by atoms with Gasteiger partial charge in [-0.1, -0.05) is 11.6 Å². The molecule has 2 rings (SSSR count). The number of aromatic nitrogens is 1. The van der Waals surface area contributed by atoms with Crippen molar-refractivity contribution in [1.29, 1.82) is 0 Å². The number of nitrogens with zero attached hydrogens (tertiary/aromatic N) is 1. The van der Waals surface area contributed by atoms with Crippen molar-refractivity contribution in [3.63, 3.8) is 0 Å². The molecular formula is C14H14ClN3O3S. The Hall–Kier alpha value is -1.96. The molecule has 3 N–H and O–H groups in total. The second kappa shape index (κ2) is 7.35. The summed E-state index contributed by atoms with van der Waals surface area (Å²) in [6.07, 6.45) is 0. The summed E-state index contributed by atoms with van der Waals surface area (Å²) < 4.78 is 4.09. The summed E-state index contributed by atoms with van der Waals surface area (Å²) in [4.78, 5) is 24.2. The summed E-state index contributed by atoms with van der Waals surface area (Å²) in [5.74, 6) is -0.733. The van der Waals surface area contributed by atoms with Crippen LogP contribution in [-0.4, -0.2) is 34.4 Å². The molecule has 0 saturated carbocycles. The lowest BCUT2D eigenvalue weighted by Gasteiger charge is -2.07. The zero-order chi connectivity index (χ0) is 16.1. The number of halogens is 1. The van der Waals surface area contributed by atoms with E-state index in [0.717, 1.165) is 11.5 Å². The van der Waals surface area contributed by atoms with Crippen LogP contribution in [0.1, 0.15) is 26.4 Å². The minimum absolute atomic E-state index is 0.138. The zero-order valence-electron chi connectivity index (χ0n) is 11.7. The van der Waals surface area contributed by atoms with E-state index in [1.165, 1.54) is 0 Å². The lowest BCUT2D eigenvalue weighted by atomic mass is 10.2. The summed E-state index contributed by atoms with van der Waals surface area (Å²) in [6.45, 7) is 1.66. The monoisotopic (exact) mass is 339 g/mol. The van der Waals surface area contributed by atoms with Gasteiger partial charge in [-0.05, 0) is 42.7 Å². The van der Waals surface area contributed by atoms with E-state index in [4.69, 9.17) is 16.7 Å². The SMILES string of the molecule is Cc1nsc(NC(=O)c2ccc(Cl)cc2)c1C(=O)NCCO. The van der Waals surface area contributed by atoms with Crippen molar-refractivity contribution < 1.29 is 14.7 Å². The fourth-order valence-corrected chi connectivity index (χ4v) is 2.67. The number of carbonyl (C=O) groups excluding carboxylic acids is 2. The van der Waals surface area contributed by atoms with Gasteiger partial charge < -0.3 is 15.7 Å². The Morgan fingerprint density at radius 2 is 1.95 bits per heavy atom. The summed E-state index contributed by atoms with van der Waals surface area (Å²) >= 11 is 6.81. The molecular weight excluding hydrogens is 326 g/mol. The normalized spacial score (nSPS) is 10.3. The Morgan fingerprint density at radius 1 is 1.27 bits per heavy atom. The zero-order valence-corrected chi connectivity index (χ0v) is 13.3. The molecule has 1 aromatic carbocycles. The molecule has 0 radical (unpaired) electrons. The number of rotatable bonds is 5. The number of aliphatic hydroxyl groups is 1. The highest BCUT2D eigenvalue weighted by Crippen LogP contribution is 2.25. The molecule has 22 heavy (non-hydrogen) atoms. The molecule has 0 saturated heterocycles. The maximum Gasteiger partial charge on any atom is 0.256 e. The van der Waals surface area contributed by atoms with Gasteiger partial charge in [0.05, 0.1) is 17.9 Å². The van der Waals surface area contributed by atoms with E-state index >= 15 is 0 Å². The maximum atomic E-state index is 12.2. The van der Waals surface area contributed by atoms with Gasteiger partial charge in [0.25, 0.3) is 11.8 Å². The van der Waals surface area contributed by atoms with Gasteiger partial charge in [-0.3, -0.25) is 9.59 Å². The number of hydrogen-bond acceptors (Lipinski definition) is 5. The molecule has 0 atom stereocenters. The molecule has 0 bridgehead atoms. The number of hydrogen-bond donors (Lipinski definition) is 3. The van der Waals surface area contributed by atoms with E-state index in [9.17, 15) is 9.59 Å². The number of aryl methyl sites for hydroxylation is 1. The van der Waals surface area contributed by atoms with Gasteiger partial charge in [-0.2, -0.15) is 4.37 Å². The van der Waals surface area contributed by atoms with Gasteiger partial charge in [0.15, 0.2) is 0 Å². The highest BCUT2D eigenvalue weighted by molar-refractivity contribution is 7.11. The second-order valence-electron chi connectivity index (χ2n) is 4.41. The summed E-state index contributed by atoms with van der Waals surface area (Å²) in [5, 5.41) is 14.9. The Kier molecular flexibility index (Phi) is 5.48. The van der Waals surface area contributed by atoms with Crippen LogP contribution in [0.15, 0.2) is 24.3 Å². The molecule has 0 aliphatic carbocycles. The Balaban J connectivity index is 2.17. The van der Waals surface area contributed by atoms with Gasteiger partial charge >= 0.3 is 0 Å². The van der Waals surface area contributed by atoms with E-state index in [1.807, 2.05) is 0 Å². The van der Waals surface area contributed by atoms with E-state index in [0.29, 0.717) is 26.8 Å². The predicted octanol–water partition coefficient (Wildman–Crippen LogP) is 2.08. The quantitative estimate of drug-likeness (QED) is 0.777. The lowest BCUT2D eigenvalue weighted by molar-refractivity contribution is 0.0945. The van der Waals surface area contributed by atoms with Crippen LogP contribution in [0, 0.1) is 6.92 Å². The molecule has 2 aromatic rings. The Bertz CT molecular complexity index is 685. The van der Waals surface area contributed by atoms with Crippen molar-refractivity contribution in [2.75, 3.05) is 18.5 Å². The third-order valence-electron chi connectivity index (χ3n) is 2.82. The van der Waals surface area contributed by atoms with Crippen LogP contribution in [0.4, 0.5) is 5.00 Å². The number of carbonyl (C=O) groups is 2. The number of amides is 2. The number of nitrogens with one attached hydrogen (secondary N) is 2. The van der Waals surface area contributed by atoms with Crippen LogP contribution in [0.5, 0.6) is 0 Å². The van der Waals surface area contributed by atoms with Crippen LogP contribution in [0.3, 0.4) is 0 Å². The smallest absolute Gasteiger partial charge is 0.256 e. The van der Waals surface area contributed by atoms with E-state index in [-0.39, 0.29) is 25.0 Å². The number of benzene rings is 1. The fraction of sp³-hybridized carbons (Fsp3) is 0.214. The minimum Gasteiger partial charge on any atom is -0.395 e. The molecule has 6 nitrogen and oxygen atoms in total. The fourth-order valence-electron chi connectivity index (χ4n) is 1.76. The van der Waals surface area contributed by atoms with Crippen LogP contribution in [0.2, 0.25) is 5.02 Å². The standard InChI is InChI=1S/C14H14ClN3O3S/c1-8-11(13(21)16-6-7-19)14(22-18-8)17-12(20)9-2-4-10(15)5-3-9/h2-5,19H,6-7H2,1H3,(H,16,21)(H,17,20). The van der Waals surface area contributed by atoms with E-state index < -0.39 is 0 Å². The topological polar surface area (TPSA) is 91.3 Å². The van der Waals surface area contributed by atoms with Crippen LogP contribution < -0.4 is 10.6 Å². The molecule has 8 heteroatoms. The number of anilines is 1. The molecule has 2 amide bonds. The molecule has 0 spiro atoms. The first-order valence-corrected chi connectivity index (χ1v) is 7.60. The molecule has 1 heterocycles. The Morgan fingerprint density at radius 3 is 2.59 bits per heavy atom. The van der Waals surface area contributed by atoms with Gasteiger partial charge in [0.1, 0.15) is 5.00 Å². The van der Waals surface area contributed by atoms with Crippen molar-refractivity contribution in [2.45, 2.75) is 6.92 Å². The van der Waals surface area contributed by atoms with Crippen molar-refractivity contribution in [3.05, 3.63) is 46.1 Å². The lowest BCUT2D eigenvalue weighted by Crippen LogP contribution is -2.27. The Labute approximate surface area is 136 Å². The molecule has 116 valence electrons. The van der Waals surface area contributed by atoms with Gasteiger partial charge in [0, 0.05) is 17.1 Å². The largest absolute Gasteiger partial charge is 0.395 e. The molecule has 1 aromatic heterocycles. The van der Waals surface area contributed by atoms with Crippen molar-refractivity contribution >= 4 is 39.9 Å². The summed E-state index contributed by atoms with van der Waals surface area (Å²) in [6, 6.07) is 6.42. The van der Waals surface area contributed by atoms with Crippen LogP contribution in [0.25, 0.3) is 0 Å². The average molecular weight is 340 g/mol. The van der Waals surface area contributed by atoms with Crippen molar-refractivity contribution in [2.24, 2.45) is 0 Å². The minimum atomic E-state index is -0.383. The van der Waals surface area contributed by atoms with Gasteiger partial charge in [0.2, 0.25) is 0 Å². The summed E-state index contributed by atoms with van der Waals surface area (Å²) in [7, 11) is 0. The molecule has 0 aliphatic rings. The van der Waals surface area contributed by atoms with Crippen molar-refractivity contribution in [1.82, 2.24) is 9.69 Å². The highest BCUT2D eigenvalue weighted by atomic mass is 35.5. The average Bonchev–Trinajstić information content (AvgIpc) is 2.86.